The van der Waals surface area contributed by atoms with Crippen LogP contribution in [0.3, 0.4) is 0 Å². The Morgan fingerprint density at radius 3 is 1.43 bits per heavy atom. The van der Waals surface area contributed by atoms with E-state index in [0.717, 1.165) is 11.1 Å². The number of phenolic OH excluding ortho intramolecular Hbond substituents is 1. The van der Waals surface area contributed by atoms with Gasteiger partial charge in [0.2, 0.25) is 0 Å². The molecule has 1 aromatic rings. The van der Waals surface area contributed by atoms with Crippen LogP contribution >= 0.6 is 0 Å². The zero-order valence-electron chi connectivity index (χ0n) is 14.4. The van der Waals surface area contributed by atoms with Gasteiger partial charge in [-0.3, -0.25) is 0 Å². The van der Waals surface area contributed by atoms with E-state index in [-0.39, 0.29) is 18.9 Å². The molecule has 0 aliphatic heterocycles. The SMILES string of the molecule is CC[Si](CC)(CC)c1cc(C(C)C)c(O)c(C(C)C)c1.[LiH]. The van der Waals surface area contributed by atoms with Crippen molar-refractivity contribution < 1.29 is 5.11 Å². The van der Waals surface area contributed by atoms with E-state index in [2.05, 4.69) is 60.6 Å². The Balaban J connectivity index is 0.00000400. The van der Waals surface area contributed by atoms with Gasteiger partial charge in [-0.05, 0) is 23.0 Å². The Kier molecular flexibility index (Phi) is 8.40. The molecule has 0 atom stereocenters. The summed E-state index contributed by atoms with van der Waals surface area (Å²) in [6, 6.07) is 8.50. The molecule has 1 aromatic carbocycles. The van der Waals surface area contributed by atoms with E-state index in [4.69, 9.17) is 0 Å². The number of benzene rings is 1. The predicted molar refractivity (Wildman–Crippen MR) is 100 cm³/mol. The summed E-state index contributed by atoms with van der Waals surface area (Å²) in [6.07, 6.45) is 0. The first-order valence-electron chi connectivity index (χ1n) is 8.20. The summed E-state index contributed by atoms with van der Waals surface area (Å²) in [6.45, 7) is 15.7. The van der Waals surface area contributed by atoms with Gasteiger partial charge in [-0.25, -0.2) is 0 Å². The van der Waals surface area contributed by atoms with Gasteiger partial charge in [0.25, 0.3) is 0 Å². The van der Waals surface area contributed by atoms with Crippen molar-refractivity contribution in [3.63, 3.8) is 0 Å². The second-order valence-electron chi connectivity index (χ2n) is 6.65. The zero-order chi connectivity index (χ0) is 15.5. The molecule has 0 radical (unpaired) electrons. The molecule has 0 bridgehead atoms. The van der Waals surface area contributed by atoms with Crippen LogP contribution in [-0.4, -0.2) is 32.0 Å². The summed E-state index contributed by atoms with van der Waals surface area (Å²) < 4.78 is 0. The quantitative estimate of drug-likeness (QED) is 0.755. The van der Waals surface area contributed by atoms with Gasteiger partial charge in [0.1, 0.15) is 5.75 Å². The second kappa shape index (κ2) is 8.46. The van der Waals surface area contributed by atoms with Gasteiger partial charge < -0.3 is 5.11 Å². The van der Waals surface area contributed by atoms with Gasteiger partial charge in [-0.1, -0.05) is 83.9 Å². The van der Waals surface area contributed by atoms with Crippen molar-refractivity contribution in [1.29, 1.82) is 0 Å². The first kappa shape index (κ1) is 20.8. The van der Waals surface area contributed by atoms with Crippen LogP contribution in [0.5, 0.6) is 5.75 Å². The van der Waals surface area contributed by atoms with E-state index in [1.54, 1.807) is 5.19 Å². The number of aromatic hydroxyl groups is 1. The Bertz CT molecular complexity index is 413. The molecule has 1 nitrogen and oxygen atoms in total. The molecule has 0 aliphatic carbocycles. The van der Waals surface area contributed by atoms with E-state index < -0.39 is 8.07 Å². The third-order valence-electron chi connectivity index (χ3n) is 5.06. The molecule has 0 fully saturated rings. The molecule has 0 aliphatic rings. The summed E-state index contributed by atoms with van der Waals surface area (Å²) in [5.41, 5.74) is 2.27. The molecule has 21 heavy (non-hydrogen) atoms. The molecule has 0 aromatic heterocycles. The fraction of sp³-hybridized carbons (Fsp3) is 0.667. The molecule has 1 rings (SSSR count). The van der Waals surface area contributed by atoms with Crippen LogP contribution in [0.4, 0.5) is 0 Å². The molecule has 1 N–H and O–H groups in total. The van der Waals surface area contributed by atoms with Gasteiger partial charge >= 0.3 is 18.9 Å². The average Bonchev–Trinajstić information content (AvgIpc) is 2.41. The summed E-state index contributed by atoms with van der Waals surface area (Å²) in [4.78, 5) is 0. The average molecular weight is 300 g/mol. The van der Waals surface area contributed by atoms with Crippen LogP contribution < -0.4 is 5.19 Å². The number of hydrogen-bond acceptors (Lipinski definition) is 1. The van der Waals surface area contributed by atoms with E-state index >= 15 is 0 Å². The normalized spacial score (nSPS) is 11.9. The summed E-state index contributed by atoms with van der Waals surface area (Å²) in [5, 5.41) is 12.1. The molecular weight excluding hydrogens is 267 g/mol. The molecule has 0 spiro atoms. The van der Waals surface area contributed by atoms with Crippen LogP contribution in [0.1, 0.15) is 71.4 Å². The molecule has 0 heterocycles. The maximum absolute atomic E-state index is 10.6. The molecule has 0 saturated heterocycles. The van der Waals surface area contributed by atoms with Gasteiger partial charge in [-0.15, -0.1) is 0 Å². The molecule has 0 amide bonds. The minimum atomic E-state index is -1.38. The van der Waals surface area contributed by atoms with Crippen molar-refractivity contribution in [2.75, 3.05) is 0 Å². The van der Waals surface area contributed by atoms with Crippen LogP contribution in [0.25, 0.3) is 0 Å². The Morgan fingerprint density at radius 1 is 0.857 bits per heavy atom. The van der Waals surface area contributed by atoms with E-state index in [0.29, 0.717) is 17.6 Å². The van der Waals surface area contributed by atoms with E-state index in [1.165, 1.54) is 18.1 Å². The van der Waals surface area contributed by atoms with E-state index in [9.17, 15) is 5.11 Å². The fourth-order valence-electron chi connectivity index (χ4n) is 3.23. The summed E-state index contributed by atoms with van der Waals surface area (Å²) in [5.74, 6) is 1.29. The Morgan fingerprint density at radius 2 is 1.19 bits per heavy atom. The monoisotopic (exact) mass is 300 g/mol. The second-order valence-corrected chi connectivity index (χ2v) is 11.9. The maximum atomic E-state index is 10.6. The number of phenols is 1. The van der Waals surface area contributed by atoms with Gasteiger partial charge in [0.05, 0.1) is 8.07 Å². The van der Waals surface area contributed by atoms with Crippen molar-refractivity contribution in [3.05, 3.63) is 23.3 Å². The topological polar surface area (TPSA) is 20.2 Å². The molecule has 3 heteroatoms. The summed E-state index contributed by atoms with van der Waals surface area (Å²) in [7, 11) is -1.38. The van der Waals surface area contributed by atoms with Crippen LogP contribution in [-0.2, 0) is 0 Å². The van der Waals surface area contributed by atoms with Crippen molar-refractivity contribution >= 4 is 32.1 Å². The Labute approximate surface area is 144 Å². The fourth-order valence-corrected chi connectivity index (χ4v) is 6.88. The van der Waals surface area contributed by atoms with Crippen molar-refractivity contribution in [2.45, 2.75) is 78.4 Å². The zero-order valence-corrected chi connectivity index (χ0v) is 15.4. The molecular formula is C18H33LiOSi. The first-order valence-corrected chi connectivity index (χ1v) is 10.8. The van der Waals surface area contributed by atoms with Crippen molar-refractivity contribution in [3.8, 4) is 5.75 Å². The minimum absolute atomic E-state index is 0. The van der Waals surface area contributed by atoms with Gasteiger partial charge in [0, 0.05) is 0 Å². The van der Waals surface area contributed by atoms with Crippen LogP contribution in [0.15, 0.2) is 12.1 Å². The third-order valence-corrected chi connectivity index (χ3v) is 10.6. The van der Waals surface area contributed by atoms with E-state index in [1.807, 2.05) is 0 Å². The van der Waals surface area contributed by atoms with Crippen molar-refractivity contribution in [1.82, 2.24) is 0 Å². The number of hydrogen-bond donors (Lipinski definition) is 1. The molecule has 116 valence electrons. The molecule has 0 unspecified atom stereocenters. The van der Waals surface area contributed by atoms with Gasteiger partial charge in [-0.2, -0.15) is 0 Å². The molecule has 0 saturated carbocycles. The van der Waals surface area contributed by atoms with Crippen LogP contribution in [0.2, 0.25) is 18.1 Å². The van der Waals surface area contributed by atoms with Gasteiger partial charge in [0.15, 0.2) is 0 Å². The summed E-state index contributed by atoms with van der Waals surface area (Å²) >= 11 is 0. The Hall–Kier alpha value is -0.166. The standard InChI is InChI=1S/C18H32OSi.Li.H/c1-8-20(9-2,10-3)15-11-16(13(4)5)18(19)17(12-15)14(6)7;;/h11-14,19H,8-10H2,1-7H3;;. The van der Waals surface area contributed by atoms with Crippen LogP contribution in [0, 0.1) is 0 Å². The predicted octanol–water partition coefficient (Wildman–Crippen LogP) is 4.71. The first-order chi connectivity index (χ1) is 9.32. The third kappa shape index (κ3) is 4.18. The van der Waals surface area contributed by atoms with Crippen molar-refractivity contribution in [2.24, 2.45) is 0 Å². The number of rotatable bonds is 6.